The number of fused-ring (bicyclic) bond motifs is 1. The Hall–Kier alpha value is -3.28. The number of nitrogens with zero attached hydrogens (tertiary/aromatic N) is 2. The molecule has 0 radical (unpaired) electrons. The first-order valence-electron chi connectivity index (χ1n) is 11.4. The second-order valence-electron chi connectivity index (χ2n) is 8.90. The van der Waals surface area contributed by atoms with Crippen molar-refractivity contribution in [3.8, 4) is 5.75 Å². The van der Waals surface area contributed by atoms with Crippen LogP contribution in [0.15, 0.2) is 72.8 Å². The van der Waals surface area contributed by atoms with Gasteiger partial charge in [-0.3, -0.25) is 19.4 Å². The SMILES string of the molecule is COc1ccc2c(c1)C(=O)C(c1cccc(C)c1)(N1CCN(Cc3ccccc3)CC1)C2=O. The number of piperazine rings is 1. The van der Waals surface area contributed by atoms with Gasteiger partial charge in [-0.1, -0.05) is 60.2 Å². The van der Waals surface area contributed by atoms with E-state index in [-0.39, 0.29) is 11.6 Å². The van der Waals surface area contributed by atoms with Gasteiger partial charge in [-0.15, -0.1) is 0 Å². The number of methoxy groups -OCH3 is 1. The topological polar surface area (TPSA) is 49.9 Å². The molecular weight excluding hydrogens is 412 g/mol. The van der Waals surface area contributed by atoms with E-state index in [1.165, 1.54) is 5.56 Å². The van der Waals surface area contributed by atoms with E-state index in [1.54, 1.807) is 25.3 Å². The summed E-state index contributed by atoms with van der Waals surface area (Å²) in [4.78, 5) is 32.5. The summed E-state index contributed by atoms with van der Waals surface area (Å²) in [5.41, 5.74) is 2.67. The molecule has 0 bridgehead atoms. The van der Waals surface area contributed by atoms with E-state index >= 15 is 0 Å². The van der Waals surface area contributed by atoms with Crippen molar-refractivity contribution in [3.63, 3.8) is 0 Å². The number of hydrogen-bond donors (Lipinski definition) is 0. The van der Waals surface area contributed by atoms with Crippen LogP contribution in [0.1, 0.15) is 37.4 Å². The molecule has 168 valence electrons. The number of hydrogen-bond acceptors (Lipinski definition) is 5. The average molecular weight is 441 g/mol. The zero-order valence-corrected chi connectivity index (χ0v) is 19.1. The molecule has 5 nitrogen and oxygen atoms in total. The van der Waals surface area contributed by atoms with Crippen LogP contribution < -0.4 is 4.74 Å². The number of aryl methyl sites for hydroxylation is 1. The monoisotopic (exact) mass is 440 g/mol. The van der Waals surface area contributed by atoms with Gasteiger partial charge in [0.1, 0.15) is 5.75 Å². The van der Waals surface area contributed by atoms with Crippen LogP contribution in [0.2, 0.25) is 0 Å². The van der Waals surface area contributed by atoms with E-state index in [4.69, 9.17) is 4.74 Å². The highest BCUT2D eigenvalue weighted by atomic mass is 16.5. The number of Topliss-reactive ketones (excluding diaryl/α,β-unsaturated/α-hetero) is 2. The van der Waals surface area contributed by atoms with E-state index < -0.39 is 5.54 Å². The van der Waals surface area contributed by atoms with E-state index in [2.05, 4.69) is 34.1 Å². The summed E-state index contributed by atoms with van der Waals surface area (Å²) in [5.74, 6) is 0.304. The maximum atomic E-state index is 14.0. The Kier molecular flexibility index (Phi) is 5.60. The highest BCUT2D eigenvalue weighted by Gasteiger charge is 2.58. The Morgan fingerprint density at radius 2 is 1.55 bits per heavy atom. The fourth-order valence-corrected chi connectivity index (χ4v) is 5.21. The Balaban J connectivity index is 1.51. The van der Waals surface area contributed by atoms with Crippen molar-refractivity contribution in [1.29, 1.82) is 0 Å². The largest absolute Gasteiger partial charge is 0.497 e. The van der Waals surface area contributed by atoms with Crippen molar-refractivity contribution in [2.75, 3.05) is 33.3 Å². The minimum Gasteiger partial charge on any atom is -0.497 e. The summed E-state index contributed by atoms with van der Waals surface area (Å²) in [6, 6.07) is 23.4. The molecule has 1 heterocycles. The summed E-state index contributed by atoms with van der Waals surface area (Å²) < 4.78 is 5.35. The number of ketones is 2. The van der Waals surface area contributed by atoms with Crippen LogP contribution in [0.4, 0.5) is 0 Å². The van der Waals surface area contributed by atoms with Gasteiger partial charge in [-0.05, 0) is 36.2 Å². The molecule has 0 aromatic heterocycles. The summed E-state index contributed by atoms with van der Waals surface area (Å²) in [6.07, 6.45) is 0. The van der Waals surface area contributed by atoms with Gasteiger partial charge >= 0.3 is 0 Å². The smallest absolute Gasteiger partial charge is 0.196 e. The van der Waals surface area contributed by atoms with Gasteiger partial charge in [0.15, 0.2) is 17.1 Å². The molecule has 33 heavy (non-hydrogen) atoms. The molecule has 0 spiro atoms. The highest BCUT2D eigenvalue weighted by molar-refractivity contribution is 6.33. The molecule has 0 amide bonds. The standard InChI is InChI=1S/C28H28N2O3/c1-20-7-6-10-22(17-20)28(26(31)24-12-11-23(33-2)18-25(24)27(28)32)30-15-13-29(14-16-30)19-21-8-4-3-5-9-21/h3-12,17-18H,13-16,19H2,1-2H3. The average Bonchev–Trinajstić information content (AvgIpc) is 3.07. The number of carbonyl (C=O) groups is 2. The second-order valence-corrected chi connectivity index (χ2v) is 8.90. The molecule has 2 aliphatic rings. The lowest BCUT2D eigenvalue weighted by atomic mass is 9.82. The maximum absolute atomic E-state index is 14.0. The third-order valence-electron chi connectivity index (χ3n) is 6.90. The molecule has 5 rings (SSSR count). The van der Waals surface area contributed by atoms with Crippen LogP contribution in [0.5, 0.6) is 5.75 Å². The van der Waals surface area contributed by atoms with Gasteiger partial charge in [0, 0.05) is 43.9 Å². The van der Waals surface area contributed by atoms with Crippen molar-refractivity contribution in [3.05, 3.63) is 101 Å². The zero-order valence-electron chi connectivity index (χ0n) is 19.1. The van der Waals surface area contributed by atoms with Gasteiger partial charge in [0.25, 0.3) is 0 Å². The third-order valence-corrected chi connectivity index (χ3v) is 6.90. The highest BCUT2D eigenvalue weighted by Crippen LogP contribution is 2.44. The first-order valence-corrected chi connectivity index (χ1v) is 11.4. The van der Waals surface area contributed by atoms with Gasteiger partial charge in [0.05, 0.1) is 7.11 Å². The Morgan fingerprint density at radius 3 is 2.24 bits per heavy atom. The number of carbonyl (C=O) groups excluding carboxylic acids is 2. The van der Waals surface area contributed by atoms with E-state index in [9.17, 15) is 9.59 Å². The minimum atomic E-state index is -1.32. The lowest BCUT2D eigenvalue weighted by molar-refractivity contribution is 0.0279. The summed E-state index contributed by atoms with van der Waals surface area (Å²) in [7, 11) is 1.57. The Morgan fingerprint density at radius 1 is 0.818 bits per heavy atom. The molecule has 1 atom stereocenters. The Labute approximate surface area is 194 Å². The van der Waals surface area contributed by atoms with Gasteiger partial charge in [-0.25, -0.2) is 0 Å². The molecule has 1 aliphatic carbocycles. The summed E-state index contributed by atoms with van der Waals surface area (Å²) in [6.45, 7) is 5.73. The Bertz CT molecular complexity index is 1200. The lowest BCUT2D eigenvalue weighted by Crippen LogP contribution is -2.60. The van der Waals surface area contributed by atoms with E-state index in [1.807, 2.05) is 37.3 Å². The van der Waals surface area contributed by atoms with Gasteiger partial charge in [0.2, 0.25) is 0 Å². The summed E-state index contributed by atoms with van der Waals surface area (Å²) in [5, 5.41) is 0. The van der Waals surface area contributed by atoms with Gasteiger partial charge < -0.3 is 4.74 Å². The molecular formula is C28H28N2O3. The molecule has 0 N–H and O–H groups in total. The molecule has 3 aromatic rings. The van der Waals surface area contributed by atoms with Crippen LogP contribution in [0.3, 0.4) is 0 Å². The zero-order chi connectivity index (χ0) is 23.0. The van der Waals surface area contributed by atoms with Crippen molar-refractivity contribution < 1.29 is 14.3 Å². The fourth-order valence-electron chi connectivity index (χ4n) is 5.21. The van der Waals surface area contributed by atoms with Crippen molar-refractivity contribution in [1.82, 2.24) is 9.80 Å². The quantitative estimate of drug-likeness (QED) is 0.559. The van der Waals surface area contributed by atoms with Crippen molar-refractivity contribution in [2.24, 2.45) is 0 Å². The predicted octanol–water partition coefficient (Wildman–Crippen LogP) is 4.10. The maximum Gasteiger partial charge on any atom is 0.196 e. The van der Waals surface area contributed by atoms with Crippen molar-refractivity contribution in [2.45, 2.75) is 19.0 Å². The fraction of sp³-hybridized carbons (Fsp3) is 0.286. The van der Waals surface area contributed by atoms with Crippen LogP contribution in [0, 0.1) is 6.92 Å². The van der Waals surface area contributed by atoms with Crippen molar-refractivity contribution >= 4 is 11.6 Å². The molecule has 1 aliphatic heterocycles. The van der Waals surface area contributed by atoms with Crippen LogP contribution in [0.25, 0.3) is 0 Å². The second kappa shape index (κ2) is 8.58. The normalized spacial score (nSPS) is 21.3. The molecule has 1 unspecified atom stereocenters. The molecule has 1 saturated heterocycles. The number of ether oxygens (including phenoxy) is 1. The number of benzene rings is 3. The van der Waals surface area contributed by atoms with Crippen LogP contribution in [-0.4, -0.2) is 54.7 Å². The molecule has 5 heteroatoms. The number of rotatable bonds is 5. The van der Waals surface area contributed by atoms with Crippen LogP contribution in [-0.2, 0) is 12.1 Å². The first kappa shape index (κ1) is 21.6. The lowest BCUT2D eigenvalue weighted by Gasteiger charge is -2.44. The van der Waals surface area contributed by atoms with Crippen LogP contribution >= 0.6 is 0 Å². The van der Waals surface area contributed by atoms with Gasteiger partial charge in [-0.2, -0.15) is 0 Å². The molecule has 3 aromatic carbocycles. The first-order chi connectivity index (χ1) is 16.0. The predicted molar refractivity (Wildman–Crippen MR) is 128 cm³/mol. The third kappa shape index (κ3) is 3.58. The minimum absolute atomic E-state index is 0.132. The summed E-state index contributed by atoms with van der Waals surface area (Å²) >= 11 is 0. The molecule has 1 fully saturated rings. The van der Waals surface area contributed by atoms with E-state index in [0.717, 1.165) is 30.8 Å². The van der Waals surface area contributed by atoms with E-state index in [0.29, 0.717) is 30.0 Å². The molecule has 0 saturated carbocycles.